The molecule has 0 fully saturated rings. The molecule has 8 heteroatoms. The summed E-state index contributed by atoms with van der Waals surface area (Å²) in [6.45, 7) is 0.618. The summed E-state index contributed by atoms with van der Waals surface area (Å²) in [6.07, 6.45) is 8.20. The Kier molecular flexibility index (Phi) is 5.53. The fourth-order valence-corrected chi connectivity index (χ4v) is 3.22. The van der Waals surface area contributed by atoms with Gasteiger partial charge in [-0.3, -0.25) is 9.59 Å². The molecule has 0 unspecified atom stereocenters. The van der Waals surface area contributed by atoms with Gasteiger partial charge in [0.1, 0.15) is 6.33 Å². The maximum Gasteiger partial charge on any atom is 0.335 e. The van der Waals surface area contributed by atoms with Gasteiger partial charge in [-0.2, -0.15) is 0 Å². The first kappa shape index (κ1) is 20.0. The number of carbonyl (C=O) groups excluding carboxylic acids is 2. The number of rotatable bonds is 5. The molecule has 0 bridgehead atoms. The van der Waals surface area contributed by atoms with Crippen LogP contribution in [0.2, 0.25) is 0 Å². The highest BCUT2D eigenvalue weighted by Gasteiger charge is 2.20. The monoisotopic (exact) mass is 414 g/mol. The summed E-state index contributed by atoms with van der Waals surface area (Å²) in [6, 6.07) is 11.1. The fraction of sp³-hybridized carbons (Fsp3) is 0.0870. The van der Waals surface area contributed by atoms with Crippen LogP contribution in [-0.2, 0) is 13.1 Å². The molecule has 154 valence electrons. The van der Waals surface area contributed by atoms with E-state index in [4.69, 9.17) is 5.11 Å². The van der Waals surface area contributed by atoms with Crippen molar-refractivity contribution in [3.05, 3.63) is 101 Å². The smallest absolute Gasteiger partial charge is 0.335 e. The number of fused-ring (bicyclic) bond motifs is 1. The van der Waals surface area contributed by atoms with E-state index in [9.17, 15) is 14.4 Å². The number of aromatic carboxylic acids is 1. The number of benzene rings is 2. The van der Waals surface area contributed by atoms with Gasteiger partial charge in [-0.15, -0.1) is 0 Å². The molecule has 4 rings (SSSR count). The molecule has 1 aliphatic heterocycles. The molecule has 2 N–H and O–H groups in total. The molecule has 0 spiro atoms. The van der Waals surface area contributed by atoms with Crippen LogP contribution >= 0.6 is 0 Å². The molecule has 1 aromatic heterocycles. The number of hydrogen-bond acceptors (Lipinski definition) is 5. The van der Waals surface area contributed by atoms with Gasteiger partial charge in [-0.05, 0) is 53.6 Å². The van der Waals surface area contributed by atoms with E-state index in [-0.39, 0.29) is 17.4 Å². The molecule has 2 aromatic carbocycles. The Morgan fingerprint density at radius 3 is 2.35 bits per heavy atom. The highest BCUT2D eigenvalue weighted by atomic mass is 16.4. The molecule has 31 heavy (non-hydrogen) atoms. The zero-order valence-corrected chi connectivity index (χ0v) is 16.4. The highest BCUT2D eigenvalue weighted by Crippen LogP contribution is 2.23. The molecular weight excluding hydrogens is 396 g/mol. The van der Waals surface area contributed by atoms with Crippen molar-refractivity contribution < 1.29 is 19.5 Å². The molecule has 0 saturated heterocycles. The third-order valence-corrected chi connectivity index (χ3v) is 4.89. The van der Waals surface area contributed by atoms with Gasteiger partial charge >= 0.3 is 5.97 Å². The maximum atomic E-state index is 12.8. The Morgan fingerprint density at radius 1 is 0.968 bits per heavy atom. The minimum absolute atomic E-state index is 0.119. The minimum atomic E-state index is -1.05. The van der Waals surface area contributed by atoms with Gasteiger partial charge in [0.05, 0.1) is 12.1 Å². The lowest BCUT2D eigenvalue weighted by Crippen LogP contribution is -2.28. The van der Waals surface area contributed by atoms with E-state index in [0.29, 0.717) is 24.2 Å². The molecule has 1 aliphatic rings. The Balaban J connectivity index is 1.46. The van der Waals surface area contributed by atoms with Crippen LogP contribution in [0.1, 0.15) is 47.8 Å². The SMILES string of the molecule is O=C(O)c1ccc(C(=O)N2C=Cc3ccc(C(=O)NCc4cncnc4)cc3C2)cc1. The quantitative estimate of drug-likeness (QED) is 0.664. The summed E-state index contributed by atoms with van der Waals surface area (Å²) in [5, 5.41) is 11.8. The number of nitrogens with zero attached hydrogens (tertiary/aromatic N) is 3. The number of nitrogens with one attached hydrogen (secondary N) is 1. The lowest BCUT2D eigenvalue weighted by atomic mass is 10.00. The first-order chi connectivity index (χ1) is 15.0. The zero-order chi connectivity index (χ0) is 21.8. The van der Waals surface area contributed by atoms with Crippen molar-refractivity contribution in [1.82, 2.24) is 20.2 Å². The van der Waals surface area contributed by atoms with Crippen molar-refractivity contribution in [2.75, 3.05) is 0 Å². The summed E-state index contributed by atoms with van der Waals surface area (Å²) in [5.74, 6) is -1.53. The van der Waals surface area contributed by atoms with E-state index in [1.54, 1.807) is 30.7 Å². The minimum Gasteiger partial charge on any atom is -0.478 e. The second-order valence-electron chi connectivity index (χ2n) is 6.97. The average Bonchev–Trinajstić information content (AvgIpc) is 2.82. The normalized spacial score (nSPS) is 12.2. The fourth-order valence-electron chi connectivity index (χ4n) is 3.22. The van der Waals surface area contributed by atoms with E-state index in [2.05, 4.69) is 15.3 Å². The predicted octanol–water partition coefficient (Wildman–Crippen LogP) is 2.73. The van der Waals surface area contributed by atoms with Crippen LogP contribution < -0.4 is 5.32 Å². The van der Waals surface area contributed by atoms with Crippen LogP contribution in [0.15, 0.2) is 67.4 Å². The van der Waals surface area contributed by atoms with E-state index >= 15 is 0 Å². The topological polar surface area (TPSA) is 112 Å². The summed E-state index contributed by atoms with van der Waals surface area (Å²) in [4.78, 5) is 45.7. The van der Waals surface area contributed by atoms with Gasteiger partial charge in [0.2, 0.25) is 0 Å². The van der Waals surface area contributed by atoms with Gasteiger partial charge in [-0.1, -0.05) is 6.07 Å². The molecule has 3 aromatic rings. The van der Waals surface area contributed by atoms with Crippen molar-refractivity contribution in [3.63, 3.8) is 0 Å². The molecule has 2 heterocycles. The number of amides is 2. The van der Waals surface area contributed by atoms with Crippen LogP contribution in [0.4, 0.5) is 0 Å². The number of carboxylic acids is 1. The van der Waals surface area contributed by atoms with Gasteiger partial charge in [0.15, 0.2) is 0 Å². The van der Waals surface area contributed by atoms with Crippen LogP contribution in [0, 0.1) is 0 Å². The zero-order valence-electron chi connectivity index (χ0n) is 16.4. The molecule has 0 aliphatic carbocycles. The van der Waals surface area contributed by atoms with Crippen molar-refractivity contribution in [1.29, 1.82) is 0 Å². The number of carboxylic acid groups (broad SMARTS) is 1. The lowest BCUT2D eigenvalue weighted by Gasteiger charge is -2.24. The van der Waals surface area contributed by atoms with Crippen molar-refractivity contribution >= 4 is 23.9 Å². The Hall–Kier alpha value is -4.33. The Labute approximate surface area is 177 Å². The first-order valence-corrected chi connectivity index (χ1v) is 9.49. The van der Waals surface area contributed by atoms with Crippen molar-refractivity contribution in [3.8, 4) is 0 Å². The molecule has 0 saturated carbocycles. The van der Waals surface area contributed by atoms with Crippen LogP contribution in [0.25, 0.3) is 6.08 Å². The molecule has 0 radical (unpaired) electrons. The van der Waals surface area contributed by atoms with E-state index in [1.807, 2.05) is 12.1 Å². The Morgan fingerprint density at radius 2 is 1.65 bits per heavy atom. The number of hydrogen-bond donors (Lipinski definition) is 2. The summed E-state index contributed by atoms with van der Waals surface area (Å²) in [7, 11) is 0. The third-order valence-electron chi connectivity index (χ3n) is 4.89. The standard InChI is InChI=1S/C23H18N4O4/c28-21(26-12-15-10-24-14-25-11-15)19-6-1-16-7-8-27(13-20(16)9-19)22(29)17-2-4-18(5-3-17)23(30)31/h1-11,14H,12-13H2,(H,26,28)(H,30,31). The molecule has 0 atom stereocenters. The van der Waals surface area contributed by atoms with Crippen LogP contribution in [0.5, 0.6) is 0 Å². The van der Waals surface area contributed by atoms with E-state index < -0.39 is 5.97 Å². The van der Waals surface area contributed by atoms with Crippen LogP contribution in [0.3, 0.4) is 0 Å². The van der Waals surface area contributed by atoms with Crippen molar-refractivity contribution in [2.45, 2.75) is 13.1 Å². The number of aromatic nitrogens is 2. The molecule has 8 nitrogen and oxygen atoms in total. The summed E-state index contributed by atoms with van der Waals surface area (Å²) in [5.41, 5.74) is 3.56. The van der Waals surface area contributed by atoms with Crippen LogP contribution in [-0.4, -0.2) is 37.8 Å². The second-order valence-corrected chi connectivity index (χ2v) is 6.97. The van der Waals surface area contributed by atoms with Gasteiger partial charge in [-0.25, -0.2) is 14.8 Å². The van der Waals surface area contributed by atoms with E-state index in [0.717, 1.165) is 16.7 Å². The van der Waals surface area contributed by atoms with E-state index in [1.165, 1.54) is 35.5 Å². The van der Waals surface area contributed by atoms with Gasteiger partial charge in [0.25, 0.3) is 11.8 Å². The highest BCUT2D eigenvalue weighted by molar-refractivity contribution is 5.97. The van der Waals surface area contributed by atoms with Crippen molar-refractivity contribution in [2.24, 2.45) is 0 Å². The lowest BCUT2D eigenvalue weighted by molar-refractivity contribution is 0.0695. The first-order valence-electron chi connectivity index (χ1n) is 9.49. The predicted molar refractivity (Wildman–Crippen MR) is 112 cm³/mol. The molecule has 2 amide bonds. The molecular formula is C23H18N4O4. The average molecular weight is 414 g/mol. The van der Waals surface area contributed by atoms with Gasteiger partial charge < -0.3 is 15.3 Å². The summed E-state index contributed by atoms with van der Waals surface area (Å²) < 4.78 is 0. The maximum absolute atomic E-state index is 12.8. The van der Waals surface area contributed by atoms with Gasteiger partial charge in [0, 0.05) is 41.8 Å². The second kappa shape index (κ2) is 8.58. The number of carbonyl (C=O) groups is 3. The summed E-state index contributed by atoms with van der Waals surface area (Å²) >= 11 is 0. The largest absolute Gasteiger partial charge is 0.478 e. The third kappa shape index (κ3) is 4.48. The Bertz CT molecular complexity index is 1170.